The Kier molecular flexibility index (Phi) is 5.57. The average Bonchev–Trinajstić information content (AvgIpc) is 3.14. The van der Waals surface area contributed by atoms with E-state index in [0.717, 1.165) is 28.4 Å². The molecule has 1 heterocycles. The molecule has 6 nitrogen and oxygen atoms in total. The fourth-order valence-electron chi connectivity index (χ4n) is 2.92. The SMILES string of the molecule is COc1ccc(-n2nc(C(C)CC(=O)NO)cc2-c2ccc(C)cc2)cc1. The van der Waals surface area contributed by atoms with E-state index in [4.69, 9.17) is 15.0 Å². The molecule has 3 rings (SSSR count). The van der Waals surface area contributed by atoms with E-state index in [1.54, 1.807) is 12.6 Å². The smallest absolute Gasteiger partial charge is 0.243 e. The Morgan fingerprint density at radius 1 is 1.19 bits per heavy atom. The van der Waals surface area contributed by atoms with Crippen LogP contribution in [0.3, 0.4) is 0 Å². The maximum atomic E-state index is 11.5. The molecule has 1 atom stereocenters. The van der Waals surface area contributed by atoms with Gasteiger partial charge in [0.05, 0.1) is 24.2 Å². The maximum Gasteiger partial charge on any atom is 0.243 e. The van der Waals surface area contributed by atoms with Crippen molar-refractivity contribution < 1.29 is 14.7 Å². The number of ether oxygens (including phenoxy) is 1. The van der Waals surface area contributed by atoms with Crippen molar-refractivity contribution in [2.45, 2.75) is 26.2 Å². The third kappa shape index (κ3) is 4.17. The fourth-order valence-corrected chi connectivity index (χ4v) is 2.92. The Balaban J connectivity index is 2.05. The summed E-state index contributed by atoms with van der Waals surface area (Å²) in [5.74, 6) is 0.204. The number of aryl methyl sites for hydroxylation is 1. The lowest BCUT2D eigenvalue weighted by atomic mass is 10.0. The summed E-state index contributed by atoms with van der Waals surface area (Å²) in [5, 5.41) is 13.5. The van der Waals surface area contributed by atoms with Crippen molar-refractivity contribution in [3.63, 3.8) is 0 Å². The first-order chi connectivity index (χ1) is 13.0. The molecule has 1 amide bonds. The quantitative estimate of drug-likeness (QED) is 0.514. The van der Waals surface area contributed by atoms with Crippen LogP contribution < -0.4 is 10.2 Å². The minimum Gasteiger partial charge on any atom is -0.497 e. The van der Waals surface area contributed by atoms with E-state index in [9.17, 15) is 4.79 Å². The van der Waals surface area contributed by atoms with Crippen molar-refractivity contribution in [3.8, 4) is 22.7 Å². The summed E-state index contributed by atoms with van der Waals surface area (Å²) in [7, 11) is 1.63. The topological polar surface area (TPSA) is 76.4 Å². The van der Waals surface area contributed by atoms with Crippen LogP contribution >= 0.6 is 0 Å². The van der Waals surface area contributed by atoms with Gasteiger partial charge in [0.25, 0.3) is 0 Å². The molecular formula is C21H23N3O3. The molecule has 0 aliphatic carbocycles. The molecule has 140 valence electrons. The van der Waals surface area contributed by atoms with Gasteiger partial charge in [0.15, 0.2) is 0 Å². The number of nitrogens with one attached hydrogen (secondary N) is 1. The van der Waals surface area contributed by atoms with Gasteiger partial charge in [0, 0.05) is 17.9 Å². The number of methoxy groups -OCH3 is 1. The van der Waals surface area contributed by atoms with E-state index in [1.165, 1.54) is 5.56 Å². The molecule has 0 saturated carbocycles. The maximum absolute atomic E-state index is 11.5. The molecule has 2 N–H and O–H groups in total. The van der Waals surface area contributed by atoms with E-state index in [0.29, 0.717) is 0 Å². The van der Waals surface area contributed by atoms with Crippen molar-refractivity contribution in [2.75, 3.05) is 7.11 Å². The van der Waals surface area contributed by atoms with Crippen molar-refractivity contribution in [1.82, 2.24) is 15.3 Å². The van der Waals surface area contributed by atoms with Gasteiger partial charge < -0.3 is 4.74 Å². The van der Waals surface area contributed by atoms with Gasteiger partial charge in [-0.1, -0.05) is 36.8 Å². The fraction of sp³-hybridized carbons (Fsp3) is 0.238. The number of hydrogen-bond acceptors (Lipinski definition) is 4. The van der Waals surface area contributed by atoms with Crippen LogP contribution in [-0.2, 0) is 4.79 Å². The van der Waals surface area contributed by atoms with Gasteiger partial charge in [0.2, 0.25) is 5.91 Å². The van der Waals surface area contributed by atoms with E-state index in [1.807, 2.05) is 48.9 Å². The van der Waals surface area contributed by atoms with Crippen molar-refractivity contribution in [2.24, 2.45) is 0 Å². The van der Waals surface area contributed by atoms with Crippen LogP contribution in [0.15, 0.2) is 54.6 Å². The first-order valence-corrected chi connectivity index (χ1v) is 8.76. The minimum atomic E-state index is -0.432. The number of aromatic nitrogens is 2. The standard InChI is InChI=1S/C21H23N3O3/c1-14-4-6-16(7-5-14)20-13-19(15(2)12-21(25)23-26)22-24(20)17-8-10-18(27-3)11-9-17/h4-11,13,15,26H,12H2,1-3H3,(H,23,25). The minimum absolute atomic E-state index is 0.138. The van der Waals surface area contributed by atoms with Gasteiger partial charge in [-0.15, -0.1) is 0 Å². The number of hydroxylamine groups is 1. The largest absolute Gasteiger partial charge is 0.497 e. The second-order valence-corrected chi connectivity index (χ2v) is 6.57. The number of hydrogen-bond donors (Lipinski definition) is 2. The lowest BCUT2D eigenvalue weighted by Gasteiger charge is -2.09. The molecule has 1 aromatic heterocycles. The van der Waals surface area contributed by atoms with Gasteiger partial charge >= 0.3 is 0 Å². The third-order valence-electron chi connectivity index (χ3n) is 4.51. The lowest BCUT2D eigenvalue weighted by molar-refractivity contribution is -0.129. The zero-order chi connectivity index (χ0) is 19.4. The summed E-state index contributed by atoms with van der Waals surface area (Å²) in [6.45, 7) is 3.96. The molecule has 2 aromatic carbocycles. The van der Waals surface area contributed by atoms with Crippen LogP contribution in [0, 0.1) is 6.92 Å². The number of carbonyl (C=O) groups is 1. The molecule has 1 unspecified atom stereocenters. The molecule has 0 spiro atoms. The van der Waals surface area contributed by atoms with Gasteiger partial charge in [-0.05, 0) is 37.3 Å². The number of amides is 1. The van der Waals surface area contributed by atoms with Crippen LogP contribution in [0.25, 0.3) is 16.9 Å². The highest BCUT2D eigenvalue weighted by Gasteiger charge is 2.18. The molecule has 0 bridgehead atoms. The zero-order valence-corrected chi connectivity index (χ0v) is 15.6. The molecule has 0 aliphatic rings. The van der Waals surface area contributed by atoms with Crippen LogP contribution in [-0.4, -0.2) is 28.0 Å². The number of carbonyl (C=O) groups excluding carboxylic acids is 1. The number of nitrogens with zero attached hydrogens (tertiary/aromatic N) is 2. The van der Waals surface area contributed by atoms with Crippen LogP contribution in [0.4, 0.5) is 0 Å². The third-order valence-corrected chi connectivity index (χ3v) is 4.51. The average molecular weight is 365 g/mol. The molecule has 3 aromatic rings. The van der Waals surface area contributed by atoms with Gasteiger partial charge in [-0.25, -0.2) is 10.2 Å². The van der Waals surface area contributed by atoms with Crippen molar-refractivity contribution in [1.29, 1.82) is 0 Å². The van der Waals surface area contributed by atoms with Gasteiger partial charge in [0.1, 0.15) is 5.75 Å². The molecular weight excluding hydrogens is 342 g/mol. The van der Waals surface area contributed by atoms with Gasteiger partial charge in [-0.3, -0.25) is 10.0 Å². The summed E-state index contributed by atoms with van der Waals surface area (Å²) >= 11 is 0. The van der Waals surface area contributed by atoms with E-state index in [-0.39, 0.29) is 12.3 Å². The van der Waals surface area contributed by atoms with Crippen LogP contribution in [0.2, 0.25) is 0 Å². The molecule has 27 heavy (non-hydrogen) atoms. The molecule has 0 fully saturated rings. The predicted octanol–water partition coefficient (Wildman–Crippen LogP) is 3.86. The second kappa shape index (κ2) is 8.05. The molecule has 0 aliphatic heterocycles. The predicted molar refractivity (Wildman–Crippen MR) is 103 cm³/mol. The van der Waals surface area contributed by atoms with E-state index >= 15 is 0 Å². The monoisotopic (exact) mass is 365 g/mol. The Hall–Kier alpha value is -3.12. The molecule has 6 heteroatoms. The Morgan fingerprint density at radius 2 is 1.85 bits per heavy atom. The highest BCUT2D eigenvalue weighted by Crippen LogP contribution is 2.29. The number of rotatable bonds is 6. The highest BCUT2D eigenvalue weighted by molar-refractivity contribution is 5.75. The Labute approximate surface area is 158 Å². The zero-order valence-electron chi connectivity index (χ0n) is 15.6. The summed E-state index contributed by atoms with van der Waals surface area (Å²) in [5.41, 5.74) is 6.52. The van der Waals surface area contributed by atoms with E-state index < -0.39 is 5.91 Å². The van der Waals surface area contributed by atoms with Gasteiger partial charge in [-0.2, -0.15) is 5.10 Å². The van der Waals surface area contributed by atoms with Crippen molar-refractivity contribution in [3.05, 3.63) is 65.9 Å². The van der Waals surface area contributed by atoms with Crippen LogP contribution in [0.5, 0.6) is 5.75 Å². The summed E-state index contributed by atoms with van der Waals surface area (Å²) in [4.78, 5) is 11.5. The Morgan fingerprint density at radius 3 is 2.44 bits per heavy atom. The summed E-state index contributed by atoms with van der Waals surface area (Å²) in [6, 6.07) is 17.9. The Bertz CT molecular complexity index is 915. The summed E-state index contributed by atoms with van der Waals surface area (Å²) in [6.07, 6.45) is 0.156. The first-order valence-electron chi connectivity index (χ1n) is 8.76. The summed E-state index contributed by atoms with van der Waals surface area (Å²) < 4.78 is 7.10. The molecule has 0 saturated heterocycles. The lowest BCUT2D eigenvalue weighted by Crippen LogP contribution is -2.20. The van der Waals surface area contributed by atoms with Crippen molar-refractivity contribution >= 4 is 5.91 Å². The number of benzene rings is 2. The normalized spacial score (nSPS) is 11.9. The van der Waals surface area contributed by atoms with E-state index in [2.05, 4.69) is 24.3 Å². The highest BCUT2D eigenvalue weighted by atomic mass is 16.5. The second-order valence-electron chi connectivity index (χ2n) is 6.57. The van der Waals surface area contributed by atoms with Crippen LogP contribution in [0.1, 0.15) is 30.5 Å². The first kappa shape index (κ1) is 18.7. The molecule has 0 radical (unpaired) electrons.